The van der Waals surface area contributed by atoms with Crippen LogP contribution in [0.3, 0.4) is 0 Å². The molecule has 0 aromatic carbocycles. The van der Waals surface area contributed by atoms with Crippen LogP contribution in [0.5, 0.6) is 0 Å². The van der Waals surface area contributed by atoms with E-state index in [1.165, 1.54) is 0 Å². The normalized spacial score (nSPS) is 12.9. The van der Waals surface area contributed by atoms with Gasteiger partial charge in [0.2, 0.25) is 0 Å². The summed E-state index contributed by atoms with van der Waals surface area (Å²) >= 11 is 0. The highest BCUT2D eigenvalue weighted by molar-refractivity contribution is 5.19. The first-order valence-corrected chi connectivity index (χ1v) is 4.44. The Morgan fingerprint density at radius 3 is 3.00 bits per heavy atom. The Morgan fingerprint density at radius 1 is 1.64 bits per heavy atom. The van der Waals surface area contributed by atoms with E-state index >= 15 is 0 Å². The summed E-state index contributed by atoms with van der Waals surface area (Å²) in [4.78, 5) is 0. The lowest BCUT2D eigenvalue weighted by Crippen LogP contribution is -1.97. The molecular formula is C10H14N4. The number of allylic oxidation sites excluding steroid dienone is 4. The fourth-order valence-electron chi connectivity index (χ4n) is 1.14. The molecule has 4 heteroatoms. The average molecular weight is 190 g/mol. The molecule has 1 N–H and O–H groups in total. The number of nitrogens with zero attached hydrogens (tertiary/aromatic N) is 3. The first-order valence-electron chi connectivity index (χ1n) is 4.44. The maximum atomic E-state index is 3.92. The van der Waals surface area contributed by atoms with Gasteiger partial charge in [-0.3, -0.25) is 0 Å². The SMILES string of the molecule is C=C/C=C\C(=C)CC(C)c1nn[nH]n1. The van der Waals surface area contributed by atoms with Crippen LogP contribution in [0.1, 0.15) is 25.1 Å². The van der Waals surface area contributed by atoms with E-state index in [-0.39, 0.29) is 5.92 Å². The molecule has 0 aliphatic rings. The molecule has 0 saturated heterocycles. The lowest BCUT2D eigenvalue weighted by atomic mass is 10.0. The first kappa shape index (κ1) is 10.4. The summed E-state index contributed by atoms with van der Waals surface area (Å²) in [5.74, 6) is 0.953. The predicted octanol–water partition coefficient (Wildman–Crippen LogP) is 1.99. The van der Waals surface area contributed by atoms with Crippen LogP contribution in [0.2, 0.25) is 0 Å². The lowest BCUT2D eigenvalue weighted by Gasteiger charge is -2.05. The third kappa shape index (κ3) is 2.97. The van der Waals surface area contributed by atoms with Gasteiger partial charge >= 0.3 is 0 Å². The van der Waals surface area contributed by atoms with E-state index < -0.39 is 0 Å². The zero-order valence-corrected chi connectivity index (χ0v) is 8.27. The molecule has 14 heavy (non-hydrogen) atoms. The van der Waals surface area contributed by atoms with Gasteiger partial charge in [-0.25, -0.2) is 0 Å². The first-order chi connectivity index (χ1) is 6.74. The monoisotopic (exact) mass is 190 g/mol. The molecule has 0 spiro atoms. The van der Waals surface area contributed by atoms with Gasteiger partial charge in [-0.1, -0.05) is 49.1 Å². The molecule has 0 aliphatic carbocycles. The van der Waals surface area contributed by atoms with Gasteiger partial charge in [0.05, 0.1) is 0 Å². The molecule has 1 rings (SSSR count). The predicted molar refractivity (Wildman–Crippen MR) is 55.7 cm³/mol. The van der Waals surface area contributed by atoms with Gasteiger partial charge < -0.3 is 0 Å². The van der Waals surface area contributed by atoms with Crippen LogP contribution in [0, 0.1) is 0 Å². The van der Waals surface area contributed by atoms with Crippen molar-refractivity contribution < 1.29 is 0 Å². The topological polar surface area (TPSA) is 54.5 Å². The maximum absolute atomic E-state index is 3.92. The second-order valence-electron chi connectivity index (χ2n) is 3.13. The molecule has 4 nitrogen and oxygen atoms in total. The van der Waals surface area contributed by atoms with Crippen LogP contribution in [0.4, 0.5) is 0 Å². The number of H-pyrrole nitrogens is 1. The molecule has 0 bridgehead atoms. The molecule has 1 aromatic heterocycles. The van der Waals surface area contributed by atoms with Crippen molar-refractivity contribution >= 4 is 0 Å². The Bertz CT molecular complexity index is 324. The van der Waals surface area contributed by atoms with Crippen molar-refractivity contribution in [1.82, 2.24) is 20.6 Å². The number of hydrogen-bond acceptors (Lipinski definition) is 3. The summed E-state index contributed by atoms with van der Waals surface area (Å²) < 4.78 is 0. The third-order valence-corrected chi connectivity index (χ3v) is 1.84. The molecule has 0 fully saturated rings. The Hall–Kier alpha value is -1.71. The van der Waals surface area contributed by atoms with Gasteiger partial charge in [-0.05, 0) is 6.42 Å². The molecule has 1 heterocycles. The zero-order chi connectivity index (χ0) is 10.4. The highest BCUT2D eigenvalue weighted by Crippen LogP contribution is 2.18. The van der Waals surface area contributed by atoms with Gasteiger partial charge in [-0.15, -0.1) is 10.2 Å². The van der Waals surface area contributed by atoms with Crippen LogP contribution >= 0.6 is 0 Å². The molecule has 1 aromatic rings. The molecule has 1 atom stereocenters. The molecule has 74 valence electrons. The molecule has 0 saturated carbocycles. The van der Waals surface area contributed by atoms with Crippen LogP contribution in [0.15, 0.2) is 37.0 Å². The number of nitrogens with one attached hydrogen (secondary N) is 1. The minimum Gasteiger partial charge on any atom is -0.177 e. The third-order valence-electron chi connectivity index (χ3n) is 1.84. The number of hydrogen-bond donors (Lipinski definition) is 1. The molecule has 0 aliphatic heterocycles. The van der Waals surface area contributed by atoms with Gasteiger partial charge in [-0.2, -0.15) is 5.21 Å². The van der Waals surface area contributed by atoms with Crippen molar-refractivity contribution in [1.29, 1.82) is 0 Å². The fraction of sp³-hybridized carbons (Fsp3) is 0.300. The van der Waals surface area contributed by atoms with Crippen LogP contribution in [-0.4, -0.2) is 20.6 Å². The lowest BCUT2D eigenvalue weighted by molar-refractivity contribution is 0.704. The minimum atomic E-state index is 0.232. The largest absolute Gasteiger partial charge is 0.177 e. The van der Waals surface area contributed by atoms with E-state index in [9.17, 15) is 0 Å². The van der Waals surface area contributed by atoms with Gasteiger partial charge in [0.1, 0.15) is 0 Å². The highest BCUT2D eigenvalue weighted by atomic mass is 15.5. The van der Waals surface area contributed by atoms with Crippen molar-refractivity contribution in [3.8, 4) is 0 Å². The summed E-state index contributed by atoms with van der Waals surface area (Å²) in [6.07, 6.45) is 6.35. The Kier molecular flexibility index (Phi) is 3.79. The van der Waals surface area contributed by atoms with Crippen LogP contribution in [0.25, 0.3) is 0 Å². The summed E-state index contributed by atoms with van der Waals surface area (Å²) in [6.45, 7) is 9.55. The second kappa shape index (κ2) is 5.11. The molecule has 0 radical (unpaired) electrons. The van der Waals surface area contributed by atoms with E-state index in [1.54, 1.807) is 6.08 Å². The Morgan fingerprint density at radius 2 is 2.43 bits per heavy atom. The standard InChI is InChI=1S/C10H14N4/c1-4-5-6-8(2)7-9(3)10-11-13-14-12-10/h4-6,9H,1-2,7H2,3H3,(H,11,12,13,14)/b6-5-. The molecule has 0 amide bonds. The van der Waals surface area contributed by atoms with E-state index in [0.717, 1.165) is 17.8 Å². The van der Waals surface area contributed by atoms with Crippen LogP contribution < -0.4 is 0 Å². The summed E-state index contributed by atoms with van der Waals surface area (Å²) in [6, 6.07) is 0. The Balaban J connectivity index is 2.49. The van der Waals surface area contributed by atoms with E-state index in [1.807, 2.05) is 19.1 Å². The second-order valence-corrected chi connectivity index (χ2v) is 3.13. The number of tetrazole rings is 1. The number of rotatable bonds is 5. The minimum absolute atomic E-state index is 0.232. The summed E-state index contributed by atoms with van der Waals surface area (Å²) in [7, 11) is 0. The Labute approximate surface area is 83.4 Å². The smallest absolute Gasteiger partial charge is 0.177 e. The van der Waals surface area contributed by atoms with Gasteiger partial charge in [0, 0.05) is 5.92 Å². The van der Waals surface area contributed by atoms with E-state index in [2.05, 4.69) is 33.8 Å². The maximum Gasteiger partial charge on any atom is 0.177 e. The average Bonchev–Trinajstić information content (AvgIpc) is 2.67. The molecule has 1 unspecified atom stereocenters. The summed E-state index contributed by atoms with van der Waals surface area (Å²) in [5, 5.41) is 13.8. The van der Waals surface area contributed by atoms with E-state index in [4.69, 9.17) is 0 Å². The van der Waals surface area contributed by atoms with Crippen molar-refractivity contribution in [3.05, 3.63) is 42.8 Å². The number of aromatic amines is 1. The zero-order valence-electron chi connectivity index (χ0n) is 8.27. The highest BCUT2D eigenvalue weighted by Gasteiger charge is 2.10. The summed E-state index contributed by atoms with van der Waals surface area (Å²) in [5.41, 5.74) is 1.03. The van der Waals surface area contributed by atoms with E-state index in [0.29, 0.717) is 0 Å². The quantitative estimate of drug-likeness (QED) is 0.722. The van der Waals surface area contributed by atoms with Crippen LogP contribution in [-0.2, 0) is 0 Å². The fourth-order valence-corrected chi connectivity index (χ4v) is 1.14. The molecular weight excluding hydrogens is 176 g/mol. The number of aromatic nitrogens is 4. The van der Waals surface area contributed by atoms with Crippen molar-refractivity contribution in [3.63, 3.8) is 0 Å². The van der Waals surface area contributed by atoms with Crippen molar-refractivity contribution in [2.24, 2.45) is 0 Å². The van der Waals surface area contributed by atoms with Gasteiger partial charge in [0.15, 0.2) is 5.82 Å². The van der Waals surface area contributed by atoms with Crippen molar-refractivity contribution in [2.75, 3.05) is 0 Å². The van der Waals surface area contributed by atoms with Gasteiger partial charge in [0.25, 0.3) is 0 Å². The van der Waals surface area contributed by atoms with Crippen molar-refractivity contribution in [2.45, 2.75) is 19.3 Å².